The first-order valence-electron chi connectivity index (χ1n) is 9.43. The molecule has 1 saturated heterocycles. The first-order valence-corrected chi connectivity index (χ1v) is 9.43. The van der Waals surface area contributed by atoms with Gasteiger partial charge in [-0.3, -0.25) is 4.79 Å². The summed E-state index contributed by atoms with van der Waals surface area (Å²) in [5, 5.41) is 3.78. The van der Waals surface area contributed by atoms with Crippen LogP contribution >= 0.6 is 0 Å². The molecule has 5 heteroatoms. The zero-order valence-electron chi connectivity index (χ0n) is 15.5. The van der Waals surface area contributed by atoms with Crippen molar-refractivity contribution in [2.45, 2.75) is 25.8 Å². The van der Waals surface area contributed by atoms with Crippen LogP contribution in [0.2, 0.25) is 0 Å². The summed E-state index contributed by atoms with van der Waals surface area (Å²) in [5.74, 6) is 0.688. The van der Waals surface area contributed by atoms with Gasteiger partial charge in [0.2, 0.25) is 0 Å². The fraction of sp³-hybridized carbons (Fsp3) is 0.318. The van der Waals surface area contributed by atoms with Gasteiger partial charge in [0.1, 0.15) is 0 Å². The Morgan fingerprint density at radius 2 is 1.89 bits per heavy atom. The van der Waals surface area contributed by atoms with E-state index in [9.17, 15) is 4.79 Å². The molecule has 1 aliphatic rings. The number of anilines is 1. The van der Waals surface area contributed by atoms with Gasteiger partial charge < -0.3 is 19.4 Å². The zero-order valence-corrected chi connectivity index (χ0v) is 15.5. The van der Waals surface area contributed by atoms with Gasteiger partial charge in [-0.25, -0.2) is 0 Å². The van der Waals surface area contributed by atoms with Crippen LogP contribution in [0.15, 0.2) is 52.9 Å². The maximum atomic E-state index is 12.4. The molecule has 3 aromatic rings. The molecule has 1 amide bonds. The molecule has 2 aromatic carbocycles. The normalized spacial score (nSPS) is 14.3. The molecule has 27 heavy (non-hydrogen) atoms. The van der Waals surface area contributed by atoms with Gasteiger partial charge >= 0.3 is 0 Å². The minimum atomic E-state index is -0.228. The second-order valence-electron chi connectivity index (χ2n) is 6.89. The standard InChI is InChI=1S/C22H24N2O3/c1-26-19-7-5-6-17-14-20(27-21(17)19)22(25)23-15-16-8-10-18(11-9-16)24-12-3-2-4-13-24/h5-11,14H,2-4,12-13,15H2,1H3,(H,23,25). The van der Waals surface area contributed by atoms with Crippen LogP contribution in [-0.4, -0.2) is 26.1 Å². The van der Waals surface area contributed by atoms with Crippen LogP contribution in [0.25, 0.3) is 11.0 Å². The third kappa shape index (κ3) is 3.77. The van der Waals surface area contributed by atoms with Crippen molar-refractivity contribution in [2.24, 2.45) is 0 Å². The number of hydrogen-bond acceptors (Lipinski definition) is 4. The molecule has 1 N–H and O–H groups in total. The van der Waals surface area contributed by atoms with Gasteiger partial charge in [-0.2, -0.15) is 0 Å². The molecule has 1 fully saturated rings. The van der Waals surface area contributed by atoms with E-state index in [0.29, 0.717) is 23.6 Å². The van der Waals surface area contributed by atoms with Gasteiger partial charge in [-0.05, 0) is 49.1 Å². The molecule has 1 aromatic heterocycles. The Balaban J connectivity index is 1.40. The van der Waals surface area contributed by atoms with Crippen molar-refractivity contribution in [1.82, 2.24) is 5.32 Å². The number of nitrogens with zero attached hydrogens (tertiary/aromatic N) is 1. The summed E-state index contributed by atoms with van der Waals surface area (Å²) in [7, 11) is 1.59. The Bertz CT molecular complexity index is 924. The largest absolute Gasteiger partial charge is 0.493 e. The third-order valence-corrected chi connectivity index (χ3v) is 5.06. The number of nitrogens with one attached hydrogen (secondary N) is 1. The molecule has 0 bridgehead atoms. The molecule has 0 atom stereocenters. The minimum absolute atomic E-state index is 0.228. The van der Waals surface area contributed by atoms with Crippen molar-refractivity contribution in [2.75, 3.05) is 25.1 Å². The molecule has 0 radical (unpaired) electrons. The first kappa shape index (κ1) is 17.5. The highest BCUT2D eigenvalue weighted by Gasteiger charge is 2.15. The van der Waals surface area contributed by atoms with Crippen molar-refractivity contribution in [3.8, 4) is 5.75 Å². The minimum Gasteiger partial charge on any atom is -0.493 e. The molecule has 1 aliphatic heterocycles. The van der Waals surface area contributed by atoms with Crippen molar-refractivity contribution in [1.29, 1.82) is 0 Å². The van der Waals surface area contributed by atoms with Crippen LogP contribution in [0.3, 0.4) is 0 Å². The van der Waals surface area contributed by atoms with Crippen molar-refractivity contribution < 1.29 is 13.9 Å². The molecule has 2 heterocycles. The average molecular weight is 364 g/mol. The van der Waals surface area contributed by atoms with E-state index in [1.807, 2.05) is 18.2 Å². The van der Waals surface area contributed by atoms with Crippen LogP contribution in [0.4, 0.5) is 5.69 Å². The van der Waals surface area contributed by atoms with Crippen LogP contribution in [0.1, 0.15) is 35.4 Å². The number of furan rings is 1. The van der Waals surface area contributed by atoms with Crippen molar-refractivity contribution in [3.63, 3.8) is 0 Å². The molecular weight excluding hydrogens is 340 g/mol. The fourth-order valence-corrected chi connectivity index (χ4v) is 3.56. The molecule has 0 saturated carbocycles. The van der Waals surface area contributed by atoms with Gasteiger partial charge in [0, 0.05) is 30.7 Å². The number of para-hydroxylation sites is 1. The van der Waals surface area contributed by atoms with Gasteiger partial charge in [-0.15, -0.1) is 0 Å². The highest BCUT2D eigenvalue weighted by molar-refractivity contribution is 5.97. The van der Waals surface area contributed by atoms with E-state index in [2.05, 4.69) is 34.5 Å². The van der Waals surface area contributed by atoms with E-state index < -0.39 is 0 Å². The highest BCUT2D eigenvalue weighted by atomic mass is 16.5. The number of piperidine rings is 1. The number of benzene rings is 2. The topological polar surface area (TPSA) is 54.7 Å². The number of amides is 1. The van der Waals surface area contributed by atoms with Crippen LogP contribution < -0.4 is 15.0 Å². The lowest BCUT2D eigenvalue weighted by Gasteiger charge is -2.28. The molecule has 140 valence electrons. The molecule has 0 aliphatic carbocycles. The summed E-state index contributed by atoms with van der Waals surface area (Å²) in [6, 6.07) is 15.8. The summed E-state index contributed by atoms with van der Waals surface area (Å²) >= 11 is 0. The summed E-state index contributed by atoms with van der Waals surface area (Å²) in [6.45, 7) is 2.73. The van der Waals surface area contributed by atoms with E-state index in [1.54, 1.807) is 13.2 Å². The van der Waals surface area contributed by atoms with Gasteiger partial charge in [-0.1, -0.05) is 24.3 Å². The number of fused-ring (bicyclic) bond motifs is 1. The summed E-state index contributed by atoms with van der Waals surface area (Å²) in [4.78, 5) is 14.9. The number of methoxy groups -OCH3 is 1. The second-order valence-corrected chi connectivity index (χ2v) is 6.89. The predicted molar refractivity (Wildman–Crippen MR) is 106 cm³/mol. The lowest BCUT2D eigenvalue weighted by Crippen LogP contribution is -2.29. The van der Waals surface area contributed by atoms with Crippen molar-refractivity contribution >= 4 is 22.6 Å². The number of hydrogen-bond donors (Lipinski definition) is 1. The Morgan fingerprint density at radius 3 is 2.63 bits per heavy atom. The van der Waals surface area contributed by atoms with E-state index in [-0.39, 0.29) is 5.91 Å². The van der Waals surface area contributed by atoms with Crippen LogP contribution in [0.5, 0.6) is 5.75 Å². The van der Waals surface area contributed by atoms with E-state index in [0.717, 1.165) is 24.0 Å². The highest BCUT2D eigenvalue weighted by Crippen LogP contribution is 2.28. The van der Waals surface area contributed by atoms with Gasteiger partial charge in [0.25, 0.3) is 5.91 Å². The SMILES string of the molecule is COc1cccc2cc(C(=O)NCc3ccc(N4CCCCC4)cc3)oc12. The zero-order chi connectivity index (χ0) is 18.6. The summed E-state index contributed by atoms with van der Waals surface area (Å²) in [5.41, 5.74) is 2.92. The number of rotatable bonds is 5. The number of carbonyl (C=O) groups is 1. The fourth-order valence-electron chi connectivity index (χ4n) is 3.56. The van der Waals surface area contributed by atoms with Gasteiger partial charge in [0.05, 0.1) is 7.11 Å². The van der Waals surface area contributed by atoms with Crippen LogP contribution in [0, 0.1) is 0 Å². The smallest absolute Gasteiger partial charge is 0.287 e. The lowest BCUT2D eigenvalue weighted by molar-refractivity contribution is 0.0925. The van der Waals surface area contributed by atoms with E-state index in [1.165, 1.54) is 24.9 Å². The Labute approximate surface area is 158 Å². The number of carbonyl (C=O) groups excluding carboxylic acids is 1. The molecule has 0 unspecified atom stereocenters. The maximum Gasteiger partial charge on any atom is 0.287 e. The third-order valence-electron chi connectivity index (χ3n) is 5.06. The van der Waals surface area contributed by atoms with Crippen LogP contribution in [-0.2, 0) is 6.54 Å². The quantitative estimate of drug-likeness (QED) is 0.731. The monoisotopic (exact) mass is 364 g/mol. The van der Waals surface area contributed by atoms with E-state index >= 15 is 0 Å². The molecule has 0 spiro atoms. The molecule has 4 rings (SSSR count). The van der Waals surface area contributed by atoms with Gasteiger partial charge in [0.15, 0.2) is 17.1 Å². The predicted octanol–water partition coefficient (Wildman–Crippen LogP) is 4.36. The average Bonchev–Trinajstić information content (AvgIpc) is 3.17. The Hall–Kier alpha value is -2.95. The Kier molecular flexibility index (Phi) is 5.01. The maximum absolute atomic E-state index is 12.4. The molecule has 5 nitrogen and oxygen atoms in total. The summed E-state index contributed by atoms with van der Waals surface area (Å²) in [6.07, 6.45) is 3.86. The lowest BCUT2D eigenvalue weighted by atomic mass is 10.1. The first-order chi connectivity index (χ1) is 13.2. The molecular formula is C22H24N2O3. The summed E-state index contributed by atoms with van der Waals surface area (Å²) < 4.78 is 11.0. The Morgan fingerprint density at radius 1 is 1.11 bits per heavy atom. The van der Waals surface area contributed by atoms with Crippen molar-refractivity contribution in [3.05, 3.63) is 59.9 Å². The van der Waals surface area contributed by atoms with E-state index in [4.69, 9.17) is 9.15 Å². The number of ether oxygens (including phenoxy) is 1. The second kappa shape index (κ2) is 7.74.